The van der Waals surface area contributed by atoms with Crippen LogP contribution in [-0.2, 0) is 25.7 Å². The van der Waals surface area contributed by atoms with E-state index < -0.39 is 0 Å². The fourth-order valence-electron chi connectivity index (χ4n) is 3.78. The van der Waals surface area contributed by atoms with Crippen molar-refractivity contribution < 1.29 is 0 Å². The number of rotatable bonds is 17. The summed E-state index contributed by atoms with van der Waals surface area (Å²) >= 11 is 0. The molecule has 0 atom stereocenters. The molecule has 0 N–H and O–H groups in total. The Balaban J connectivity index is 2.94. The molecule has 0 saturated carbocycles. The fourth-order valence-corrected chi connectivity index (χ4v) is 3.78. The summed E-state index contributed by atoms with van der Waals surface area (Å²) in [6, 6.07) is 0. The Morgan fingerprint density at radius 1 is 0.556 bits per heavy atom. The molecule has 1 rings (SSSR count). The highest BCUT2D eigenvalue weighted by molar-refractivity contribution is 5.27. The van der Waals surface area contributed by atoms with E-state index in [0.29, 0.717) is 0 Å². The topological polar surface area (TPSA) is 25.8 Å². The molecule has 0 aliphatic rings. The van der Waals surface area contributed by atoms with Gasteiger partial charge in [0, 0.05) is 17.8 Å². The minimum Gasteiger partial charge on any atom is -0.238 e. The average molecular weight is 374 g/mol. The molecule has 155 valence electrons. The highest BCUT2D eigenvalue weighted by Crippen LogP contribution is 2.21. The van der Waals surface area contributed by atoms with Gasteiger partial charge < -0.3 is 0 Å². The summed E-state index contributed by atoms with van der Waals surface area (Å²) in [5, 5.41) is 0. The van der Waals surface area contributed by atoms with Crippen LogP contribution in [0.2, 0.25) is 0 Å². The lowest BCUT2D eigenvalue weighted by Gasteiger charge is -2.16. The highest BCUT2D eigenvalue weighted by atomic mass is 14.9. The summed E-state index contributed by atoms with van der Waals surface area (Å²) < 4.78 is 0. The second kappa shape index (κ2) is 16.1. The maximum Gasteiger partial charge on any atom is 0.128 e. The van der Waals surface area contributed by atoms with Crippen LogP contribution in [-0.4, -0.2) is 9.97 Å². The minimum atomic E-state index is 0.889. The lowest BCUT2D eigenvalue weighted by molar-refractivity contribution is 0.619. The Hall–Kier alpha value is -0.920. The van der Waals surface area contributed by atoms with E-state index in [2.05, 4.69) is 27.7 Å². The molecule has 0 aromatic carbocycles. The van der Waals surface area contributed by atoms with E-state index in [-0.39, 0.29) is 0 Å². The summed E-state index contributed by atoms with van der Waals surface area (Å²) in [5.74, 6) is 1.04. The van der Waals surface area contributed by atoms with Crippen LogP contribution in [0.5, 0.6) is 0 Å². The number of nitrogens with zero attached hydrogens (tertiary/aromatic N) is 2. The first-order valence-corrected chi connectivity index (χ1v) is 11.9. The molecular formula is C25H45N2. The van der Waals surface area contributed by atoms with E-state index in [1.807, 2.05) is 0 Å². The summed E-state index contributed by atoms with van der Waals surface area (Å²) in [5.41, 5.74) is 4.24. The summed E-state index contributed by atoms with van der Waals surface area (Å²) in [6.07, 6.45) is 21.0. The van der Waals surface area contributed by atoms with E-state index in [4.69, 9.17) is 9.97 Å². The smallest absolute Gasteiger partial charge is 0.128 e. The van der Waals surface area contributed by atoms with E-state index in [1.54, 1.807) is 0 Å². The fraction of sp³-hybridized carbons (Fsp3) is 0.800. The van der Waals surface area contributed by atoms with Gasteiger partial charge in [-0.3, -0.25) is 0 Å². The van der Waals surface area contributed by atoms with Crippen molar-refractivity contribution in [2.45, 2.75) is 130 Å². The maximum absolute atomic E-state index is 5.01. The third-order valence-corrected chi connectivity index (χ3v) is 5.44. The number of hydrogen-bond donors (Lipinski definition) is 0. The minimum absolute atomic E-state index is 0.889. The lowest BCUT2D eigenvalue weighted by Crippen LogP contribution is -2.11. The monoisotopic (exact) mass is 373 g/mol. The zero-order valence-corrected chi connectivity index (χ0v) is 18.6. The summed E-state index contributed by atoms with van der Waals surface area (Å²) in [7, 11) is 0. The molecule has 1 radical (unpaired) electrons. The first-order chi connectivity index (χ1) is 13.3. The molecule has 0 aliphatic carbocycles. The first-order valence-electron chi connectivity index (χ1n) is 11.9. The predicted molar refractivity (Wildman–Crippen MR) is 119 cm³/mol. The third kappa shape index (κ3) is 10.3. The predicted octanol–water partition coefficient (Wildman–Crippen LogP) is 7.61. The molecule has 2 nitrogen and oxygen atoms in total. The Bertz CT molecular complexity index is 448. The van der Waals surface area contributed by atoms with Crippen molar-refractivity contribution in [3.05, 3.63) is 29.7 Å². The lowest BCUT2D eigenvalue weighted by atomic mass is 9.96. The SMILES string of the molecule is [CH2]CCc1nc(CCCCCC)c(CCCCCC)c(CCCCCC)n1. The Morgan fingerprint density at radius 3 is 1.41 bits per heavy atom. The van der Waals surface area contributed by atoms with Crippen molar-refractivity contribution in [2.24, 2.45) is 0 Å². The normalized spacial score (nSPS) is 11.3. The first kappa shape index (κ1) is 24.1. The van der Waals surface area contributed by atoms with Crippen molar-refractivity contribution in [2.75, 3.05) is 0 Å². The van der Waals surface area contributed by atoms with Crippen molar-refractivity contribution in [1.82, 2.24) is 9.97 Å². The molecule has 2 heteroatoms. The quantitative estimate of drug-likeness (QED) is 0.262. The molecule has 27 heavy (non-hydrogen) atoms. The standard InChI is InChI=1S/C25H45N2/c1-5-9-12-15-19-22-23(20-16-13-10-6-2)26-25(18-8-4)27-24(22)21-17-14-11-7-3/h4-21H2,1-3H3. The van der Waals surface area contributed by atoms with Crippen LogP contribution in [0.4, 0.5) is 0 Å². The van der Waals surface area contributed by atoms with Crippen molar-refractivity contribution >= 4 is 0 Å². The zero-order valence-electron chi connectivity index (χ0n) is 18.6. The molecule has 1 aromatic rings. The summed E-state index contributed by atoms with van der Waals surface area (Å²) in [4.78, 5) is 10.0. The van der Waals surface area contributed by atoms with Gasteiger partial charge in [-0.25, -0.2) is 9.97 Å². The van der Waals surface area contributed by atoms with Gasteiger partial charge >= 0.3 is 0 Å². The molecule has 0 fully saturated rings. The Labute approximate surface area is 170 Å². The van der Waals surface area contributed by atoms with Gasteiger partial charge in [-0.05, 0) is 50.5 Å². The molecule has 0 spiro atoms. The molecular weight excluding hydrogens is 328 g/mol. The van der Waals surface area contributed by atoms with Crippen LogP contribution in [0.3, 0.4) is 0 Å². The Morgan fingerprint density at radius 2 is 1.00 bits per heavy atom. The molecule has 0 saturated heterocycles. The van der Waals surface area contributed by atoms with E-state index in [0.717, 1.165) is 31.5 Å². The second-order valence-corrected chi connectivity index (χ2v) is 8.05. The molecule has 0 aliphatic heterocycles. The molecule has 1 aromatic heterocycles. The second-order valence-electron chi connectivity index (χ2n) is 8.05. The van der Waals surface area contributed by atoms with Crippen LogP contribution in [0.15, 0.2) is 0 Å². The third-order valence-electron chi connectivity index (χ3n) is 5.44. The van der Waals surface area contributed by atoms with Gasteiger partial charge in [0.2, 0.25) is 0 Å². The van der Waals surface area contributed by atoms with E-state index in [1.165, 1.54) is 100 Å². The van der Waals surface area contributed by atoms with Crippen molar-refractivity contribution in [1.29, 1.82) is 0 Å². The number of hydrogen-bond acceptors (Lipinski definition) is 2. The van der Waals surface area contributed by atoms with Gasteiger partial charge in [-0.15, -0.1) is 0 Å². The van der Waals surface area contributed by atoms with Gasteiger partial charge in [0.25, 0.3) is 0 Å². The van der Waals surface area contributed by atoms with Crippen LogP contribution in [0.1, 0.15) is 127 Å². The maximum atomic E-state index is 5.01. The van der Waals surface area contributed by atoms with E-state index in [9.17, 15) is 0 Å². The Kier molecular flexibility index (Phi) is 14.4. The van der Waals surface area contributed by atoms with Gasteiger partial charge in [0.15, 0.2) is 0 Å². The molecule has 1 heterocycles. The number of aryl methyl sites for hydroxylation is 3. The molecule has 0 bridgehead atoms. The zero-order chi connectivity index (χ0) is 19.7. The van der Waals surface area contributed by atoms with Gasteiger partial charge in [-0.1, -0.05) is 85.5 Å². The number of unbranched alkanes of at least 4 members (excludes halogenated alkanes) is 9. The van der Waals surface area contributed by atoms with E-state index >= 15 is 0 Å². The van der Waals surface area contributed by atoms with Crippen LogP contribution >= 0.6 is 0 Å². The summed E-state index contributed by atoms with van der Waals surface area (Å²) in [6.45, 7) is 10.9. The average Bonchev–Trinajstić information content (AvgIpc) is 2.67. The van der Waals surface area contributed by atoms with Gasteiger partial charge in [0.05, 0.1) is 0 Å². The van der Waals surface area contributed by atoms with Crippen molar-refractivity contribution in [3.63, 3.8) is 0 Å². The van der Waals surface area contributed by atoms with Crippen LogP contribution in [0, 0.1) is 6.92 Å². The van der Waals surface area contributed by atoms with Crippen LogP contribution in [0.25, 0.3) is 0 Å². The largest absolute Gasteiger partial charge is 0.238 e. The van der Waals surface area contributed by atoms with Crippen molar-refractivity contribution in [3.8, 4) is 0 Å². The highest BCUT2D eigenvalue weighted by Gasteiger charge is 2.14. The number of aromatic nitrogens is 2. The molecule has 0 unspecified atom stereocenters. The molecule has 0 amide bonds. The van der Waals surface area contributed by atoms with Gasteiger partial charge in [0.1, 0.15) is 5.82 Å². The van der Waals surface area contributed by atoms with Gasteiger partial charge in [-0.2, -0.15) is 0 Å². The van der Waals surface area contributed by atoms with Crippen LogP contribution < -0.4 is 0 Å².